The first-order valence-corrected chi connectivity index (χ1v) is 11.2. The molecule has 4 rings (SSSR count). The van der Waals surface area contributed by atoms with Gasteiger partial charge in [0.05, 0.1) is 17.9 Å². The van der Waals surface area contributed by atoms with Gasteiger partial charge in [0.2, 0.25) is 0 Å². The maximum Gasteiger partial charge on any atom is 0.257 e. The Morgan fingerprint density at radius 3 is 2.73 bits per heavy atom. The summed E-state index contributed by atoms with van der Waals surface area (Å²) in [5.41, 5.74) is 2.68. The Morgan fingerprint density at radius 1 is 1.23 bits per heavy atom. The van der Waals surface area contributed by atoms with E-state index >= 15 is 0 Å². The van der Waals surface area contributed by atoms with Crippen LogP contribution in [0.25, 0.3) is 11.3 Å². The number of anilines is 1. The number of likely N-dealkylation sites (tertiary alicyclic amines) is 1. The van der Waals surface area contributed by atoms with Crippen molar-refractivity contribution in [3.8, 4) is 17.0 Å². The van der Waals surface area contributed by atoms with Crippen LogP contribution in [0.4, 0.5) is 5.82 Å². The summed E-state index contributed by atoms with van der Waals surface area (Å²) in [4.78, 5) is 24.5. The van der Waals surface area contributed by atoms with E-state index in [0.29, 0.717) is 31.0 Å². The summed E-state index contributed by atoms with van der Waals surface area (Å²) < 4.78 is 5.64. The quantitative estimate of drug-likeness (QED) is 0.625. The van der Waals surface area contributed by atoms with Gasteiger partial charge in [0.15, 0.2) is 0 Å². The molecule has 1 aliphatic rings. The van der Waals surface area contributed by atoms with Crippen molar-refractivity contribution in [2.75, 3.05) is 32.1 Å². The Morgan fingerprint density at radius 2 is 2.03 bits per heavy atom. The lowest BCUT2D eigenvalue weighted by molar-refractivity contribution is 0.0707. The number of amides is 1. The number of piperidine rings is 1. The van der Waals surface area contributed by atoms with Gasteiger partial charge in [0.25, 0.3) is 5.91 Å². The molecule has 0 atom stereocenters. The second-order valence-corrected chi connectivity index (χ2v) is 8.03. The fraction of sp³-hybridized carbons (Fsp3) is 0.348. The number of aromatic nitrogens is 2. The standard InChI is InChI=1S/C23H26N4O2S/c1-3-29-20-7-5-4-6-18(20)23(28)27-11-8-16(9-12-27)22-25-19(14-21(24-2)26-22)17-10-13-30-15-17/h4-7,10,13-16H,3,8-9,11-12H2,1-2H3,(H,24,25,26). The molecular formula is C23H26N4O2S. The van der Waals surface area contributed by atoms with Crippen molar-refractivity contribution >= 4 is 23.1 Å². The molecule has 156 valence electrons. The number of carbonyl (C=O) groups excluding carboxylic acids is 1. The van der Waals surface area contributed by atoms with Crippen molar-refractivity contribution in [2.45, 2.75) is 25.7 Å². The lowest BCUT2D eigenvalue weighted by Crippen LogP contribution is -2.38. The Kier molecular flexibility index (Phi) is 6.28. The number of para-hydroxylation sites is 1. The van der Waals surface area contributed by atoms with Crippen molar-refractivity contribution < 1.29 is 9.53 Å². The summed E-state index contributed by atoms with van der Waals surface area (Å²) in [5, 5.41) is 7.31. The third-order valence-electron chi connectivity index (χ3n) is 5.38. The molecular weight excluding hydrogens is 396 g/mol. The molecule has 0 radical (unpaired) electrons. The Labute approximate surface area is 180 Å². The van der Waals surface area contributed by atoms with E-state index in [9.17, 15) is 4.79 Å². The minimum absolute atomic E-state index is 0.0290. The van der Waals surface area contributed by atoms with Gasteiger partial charge < -0.3 is 15.0 Å². The maximum absolute atomic E-state index is 13.1. The SMILES string of the molecule is CCOc1ccccc1C(=O)N1CCC(c2nc(NC)cc(-c3ccsc3)n2)CC1. The first-order valence-electron chi connectivity index (χ1n) is 10.3. The summed E-state index contributed by atoms with van der Waals surface area (Å²) in [7, 11) is 1.88. The van der Waals surface area contributed by atoms with Crippen LogP contribution >= 0.6 is 11.3 Å². The van der Waals surface area contributed by atoms with E-state index in [1.807, 2.05) is 49.2 Å². The Balaban J connectivity index is 1.49. The van der Waals surface area contributed by atoms with Crippen LogP contribution < -0.4 is 10.1 Å². The lowest BCUT2D eigenvalue weighted by atomic mass is 9.95. The van der Waals surface area contributed by atoms with Crippen LogP contribution in [-0.2, 0) is 0 Å². The molecule has 2 aromatic heterocycles. The molecule has 1 aromatic carbocycles. The van der Waals surface area contributed by atoms with Crippen LogP contribution in [0.5, 0.6) is 5.75 Å². The summed E-state index contributed by atoms with van der Waals surface area (Å²) in [6.07, 6.45) is 1.69. The van der Waals surface area contributed by atoms with E-state index in [4.69, 9.17) is 14.7 Å². The van der Waals surface area contributed by atoms with E-state index in [-0.39, 0.29) is 11.8 Å². The van der Waals surface area contributed by atoms with Gasteiger partial charge in [-0.15, -0.1) is 0 Å². The van der Waals surface area contributed by atoms with Crippen molar-refractivity contribution in [3.63, 3.8) is 0 Å². The Hall–Kier alpha value is -2.93. The number of rotatable bonds is 6. The molecule has 0 unspecified atom stereocenters. The zero-order chi connectivity index (χ0) is 20.9. The van der Waals surface area contributed by atoms with E-state index in [1.165, 1.54) is 0 Å². The third-order valence-corrected chi connectivity index (χ3v) is 6.06. The van der Waals surface area contributed by atoms with Crippen LogP contribution in [0.1, 0.15) is 41.9 Å². The second kappa shape index (κ2) is 9.26. The summed E-state index contributed by atoms with van der Waals surface area (Å²) in [5.74, 6) is 2.59. The van der Waals surface area contributed by atoms with Crippen LogP contribution in [-0.4, -0.2) is 47.5 Å². The first-order chi connectivity index (χ1) is 14.7. The molecule has 0 aliphatic carbocycles. The molecule has 0 spiro atoms. The fourth-order valence-electron chi connectivity index (χ4n) is 3.77. The summed E-state index contributed by atoms with van der Waals surface area (Å²) in [6, 6.07) is 11.5. The van der Waals surface area contributed by atoms with Crippen molar-refractivity contribution in [3.05, 3.63) is 58.5 Å². The highest BCUT2D eigenvalue weighted by Gasteiger charge is 2.28. The molecule has 0 saturated carbocycles. The third kappa shape index (κ3) is 4.31. The maximum atomic E-state index is 13.1. The number of ether oxygens (including phenoxy) is 1. The number of thiophene rings is 1. The molecule has 1 N–H and O–H groups in total. The number of hydrogen-bond donors (Lipinski definition) is 1. The average Bonchev–Trinajstić information content (AvgIpc) is 3.34. The topological polar surface area (TPSA) is 67.3 Å². The number of carbonyl (C=O) groups is 1. The second-order valence-electron chi connectivity index (χ2n) is 7.25. The largest absolute Gasteiger partial charge is 0.493 e. The average molecular weight is 423 g/mol. The van der Waals surface area contributed by atoms with Gasteiger partial charge in [-0.05, 0) is 43.3 Å². The van der Waals surface area contributed by atoms with E-state index in [2.05, 4.69) is 22.1 Å². The highest BCUT2D eigenvalue weighted by atomic mass is 32.1. The normalized spacial score (nSPS) is 14.5. The lowest BCUT2D eigenvalue weighted by Gasteiger charge is -2.32. The molecule has 0 bridgehead atoms. The fourth-order valence-corrected chi connectivity index (χ4v) is 4.42. The smallest absolute Gasteiger partial charge is 0.257 e. The first kappa shape index (κ1) is 20.3. The van der Waals surface area contributed by atoms with Gasteiger partial charge in [-0.25, -0.2) is 9.97 Å². The van der Waals surface area contributed by atoms with Gasteiger partial charge >= 0.3 is 0 Å². The zero-order valence-corrected chi connectivity index (χ0v) is 18.1. The summed E-state index contributed by atoms with van der Waals surface area (Å²) in [6.45, 7) is 3.84. The monoisotopic (exact) mass is 422 g/mol. The number of nitrogens with zero attached hydrogens (tertiary/aromatic N) is 3. The van der Waals surface area contributed by atoms with Crippen molar-refractivity contribution in [2.24, 2.45) is 0 Å². The molecule has 7 heteroatoms. The minimum atomic E-state index is 0.0290. The van der Waals surface area contributed by atoms with Gasteiger partial charge in [-0.1, -0.05) is 12.1 Å². The molecule has 6 nitrogen and oxygen atoms in total. The highest BCUT2D eigenvalue weighted by Crippen LogP contribution is 2.31. The molecule has 3 heterocycles. The predicted octanol–water partition coefficient (Wildman–Crippen LogP) is 4.67. The molecule has 1 fully saturated rings. The molecule has 1 saturated heterocycles. The molecule has 3 aromatic rings. The number of benzene rings is 1. The van der Waals surface area contributed by atoms with Crippen LogP contribution in [0.2, 0.25) is 0 Å². The minimum Gasteiger partial charge on any atom is -0.493 e. The van der Waals surface area contributed by atoms with Gasteiger partial charge in [-0.3, -0.25) is 4.79 Å². The Bertz CT molecular complexity index is 998. The van der Waals surface area contributed by atoms with Gasteiger partial charge in [0, 0.05) is 43.1 Å². The van der Waals surface area contributed by atoms with Crippen LogP contribution in [0.3, 0.4) is 0 Å². The number of hydrogen-bond acceptors (Lipinski definition) is 6. The van der Waals surface area contributed by atoms with E-state index in [1.54, 1.807) is 11.3 Å². The van der Waals surface area contributed by atoms with Crippen molar-refractivity contribution in [1.29, 1.82) is 0 Å². The summed E-state index contributed by atoms with van der Waals surface area (Å²) >= 11 is 1.66. The van der Waals surface area contributed by atoms with E-state index < -0.39 is 0 Å². The van der Waals surface area contributed by atoms with Crippen LogP contribution in [0.15, 0.2) is 47.2 Å². The molecule has 30 heavy (non-hydrogen) atoms. The predicted molar refractivity (Wildman–Crippen MR) is 120 cm³/mol. The highest BCUT2D eigenvalue weighted by molar-refractivity contribution is 7.08. The van der Waals surface area contributed by atoms with E-state index in [0.717, 1.165) is 35.7 Å². The molecule has 1 amide bonds. The van der Waals surface area contributed by atoms with Gasteiger partial charge in [-0.2, -0.15) is 11.3 Å². The van der Waals surface area contributed by atoms with Crippen molar-refractivity contribution in [1.82, 2.24) is 14.9 Å². The van der Waals surface area contributed by atoms with Crippen LogP contribution in [0, 0.1) is 0 Å². The zero-order valence-electron chi connectivity index (χ0n) is 17.3. The molecule has 1 aliphatic heterocycles. The van der Waals surface area contributed by atoms with Gasteiger partial charge in [0.1, 0.15) is 17.4 Å². The number of nitrogens with one attached hydrogen (secondary N) is 1.